The number of carbonyl (C=O) groups excluding carboxylic acids is 1. The Kier molecular flexibility index (Phi) is 6.00. The van der Waals surface area contributed by atoms with Crippen LogP contribution in [0.25, 0.3) is 0 Å². The molecule has 0 atom stereocenters. The van der Waals surface area contributed by atoms with Crippen molar-refractivity contribution in [1.29, 1.82) is 0 Å². The van der Waals surface area contributed by atoms with E-state index in [4.69, 9.17) is 11.6 Å². The van der Waals surface area contributed by atoms with Gasteiger partial charge in [0.1, 0.15) is 0 Å². The molecule has 1 fully saturated rings. The van der Waals surface area contributed by atoms with E-state index in [2.05, 4.69) is 49.2 Å². The zero-order valence-corrected chi connectivity index (χ0v) is 16.6. The number of hydrogen-bond acceptors (Lipinski definition) is 2. The zero-order valence-electron chi connectivity index (χ0n) is 15.8. The molecule has 0 aliphatic carbocycles. The monoisotopic (exact) mass is 370 g/mol. The first kappa shape index (κ1) is 18.9. The molecule has 0 radical (unpaired) electrons. The largest absolute Gasteiger partial charge is 0.325 e. The molecule has 3 rings (SSSR count). The van der Waals surface area contributed by atoms with E-state index < -0.39 is 0 Å². The van der Waals surface area contributed by atoms with Gasteiger partial charge in [0.2, 0.25) is 5.91 Å². The Morgan fingerprint density at radius 2 is 1.73 bits per heavy atom. The van der Waals surface area contributed by atoms with Gasteiger partial charge in [-0.25, -0.2) is 0 Å². The van der Waals surface area contributed by atoms with Crippen LogP contribution >= 0.6 is 11.6 Å². The molecule has 0 saturated carbocycles. The number of likely N-dealkylation sites (tertiary alicyclic amines) is 1. The lowest BCUT2D eigenvalue weighted by Gasteiger charge is -2.31. The Bertz CT molecular complexity index is 771. The molecule has 1 heterocycles. The van der Waals surface area contributed by atoms with Crippen molar-refractivity contribution >= 4 is 23.2 Å². The van der Waals surface area contributed by atoms with Crippen LogP contribution in [0, 0.1) is 26.7 Å². The molecule has 26 heavy (non-hydrogen) atoms. The van der Waals surface area contributed by atoms with E-state index in [1.165, 1.54) is 5.56 Å². The number of piperidine rings is 1. The maximum Gasteiger partial charge on any atom is 0.227 e. The molecule has 1 saturated heterocycles. The number of rotatable bonds is 4. The summed E-state index contributed by atoms with van der Waals surface area (Å²) in [6, 6.07) is 12.2. The molecule has 3 nitrogen and oxygen atoms in total. The lowest BCUT2D eigenvalue weighted by atomic mass is 9.95. The summed E-state index contributed by atoms with van der Waals surface area (Å²) in [5.41, 5.74) is 5.62. The molecule has 1 aliphatic heterocycles. The maximum absolute atomic E-state index is 12.7. The van der Waals surface area contributed by atoms with Crippen molar-refractivity contribution in [3.05, 3.63) is 63.7 Å². The van der Waals surface area contributed by atoms with Crippen LogP contribution in [0.5, 0.6) is 0 Å². The lowest BCUT2D eigenvalue weighted by Crippen LogP contribution is -2.38. The molecule has 4 heteroatoms. The van der Waals surface area contributed by atoms with Gasteiger partial charge in [-0.05, 0) is 69.5 Å². The molecular weight excluding hydrogens is 344 g/mol. The van der Waals surface area contributed by atoms with Crippen molar-refractivity contribution in [3.63, 3.8) is 0 Å². The standard InChI is InChI=1S/C22H27ClN2O/c1-15-12-16(2)21(17(3)13-15)24-22(26)18-8-10-25(11-9-18)14-19-6-4-5-7-20(19)23/h4-7,12-13,18H,8-11,14H2,1-3H3,(H,24,26). The highest BCUT2D eigenvalue weighted by Gasteiger charge is 2.26. The van der Waals surface area contributed by atoms with Gasteiger partial charge in [0.15, 0.2) is 0 Å². The number of carbonyl (C=O) groups is 1. The maximum atomic E-state index is 12.7. The van der Waals surface area contributed by atoms with Crippen molar-refractivity contribution in [1.82, 2.24) is 4.90 Å². The van der Waals surface area contributed by atoms with Crippen molar-refractivity contribution in [2.45, 2.75) is 40.2 Å². The van der Waals surface area contributed by atoms with Crippen LogP contribution in [0.2, 0.25) is 5.02 Å². The highest BCUT2D eigenvalue weighted by Crippen LogP contribution is 2.26. The Hall–Kier alpha value is -1.84. The summed E-state index contributed by atoms with van der Waals surface area (Å²) in [7, 11) is 0. The van der Waals surface area contributed by atoms with Gasteiger partial charge >= 0.3 is 0 Å². The van der Waals surface area contributed by atoms with Crippen LogP contribution in [-0.4, -0.2) is 23.9 Å². The van der Waals surface area contributed by atoms with E-state index in [1.54, 1.807) is 0 Å². The van der Waals surface area contributed by atoms with Crippen LogP contribution in [0.1, 0.15) is 35.1 Å². The normalized spacial score (nSPS) is 15.8. The first-order valence-corrected chi connectivity index (χ1v) is 9.66. The number of aryl methyl sites for hydroxylation is 3. The summed E-state index contributed by atoms with van der Waals surface area (Å²) in [6.07, 6.45) is 1.78. The fourth-order valence-corrected chi connectivity index (χ4v) is 4.02. The number of benzene rings is 2. The van der Waals surface area contributed by atoms with Crippen LogP contribution in [0.3, 0.4) is 0 Å². The topological polar surface area (TPSA) is 32.3 Å². The Morgan fingerprint density at radius 3 is 2.35 bits per heavy atom. The first-order chi connectivity index (χ1) is 12.4. The minimum Gasteiger partial charge on any atom is -0.325 e. The first-order valence-electron chi connectivity index (χ1n) is 9.28. The fraction of sp³-hybridized carbons (Fsp3) is 0.409. The highest BCUT2D eigenvalue weighted by atomic mass is 35.5. The molecular formula is C22H27ClN2O. The summed E-state index contributed by atoms with van der Waals surface area (Å²) < 4.78 is 0. The van der Waals surface area contributed by atoms with E-state index in [0.29, 0.717) is 0 Å². The van der Waals surface area contributed by atoms with Crippen molar-refractivity contribution in [3.8, 4) is 0 Å². The summed E-state index contributed by atoms with van der Waals surface area (Å²) >= 11 is 6.26. The van der Waals surface area contributed by atoms with Gasteiger partial charge in [-0.15, -0.1) is 0 Å². The Balaban J connectivity index is 1.56. The molecule has 0 spiro atoms. The van der Waals surface area contributed by atoms with Gasteiger partial charge in [0, 0.05) is 23.2 Å². The number of hydrogen-bond donors (Lipinski definition) is 1. The average Bonchev–Trinajstić information content (AvgIpc) is 2.60. The summed E-state index contributed by atoms with van der Waals surface area (Å²) in [6.45, 7) is 8.90. The van der Waals surface area contributed by atoms with Gasteiger partial charge < -0.3 is 5.32 Å². The molecule has 0 aromatic heterocycles. The molecule has 0 bridgehead atoms. The van der Waals surface area contributed by atoms with Crippen LogP contribution in [0.15, 0.2) is 36.4 Å². The molecule has 138 valence electrons. The van der Waals surface area contributed by atoms with Crippen molar-refractivity contribution in [2.75, 3.05) is 18.4 Å². The number of nitrogens with one attached hydrogen (secondary N) is 1. The lowest BCUT2D eigenvalue weighted by molar-refractivity contribution is -0.121. The zero-order chi connectivity index (χ0) is 18.7. The second kappa shape index (κ2) is 8.24. The third-order valence-electron chi connectivity index (χ3n) is 5.24. The van der Waals surface area contributed by atoms with E-state index in [0.717, 1.165) is 59.9 Å². The van der Waals surface area contributed by atoms with E-state index >= 15 is 0 Å². The van der Waals surface area contributed by atoms with Crippen LogP contribution < -0.4 is 5.32 Å². The quantitative estimate of drug-likeness (QED) is 0.810. The predicted molar refractivity (Wildman–Crippen MR) is 109 cm³/mol. The molecule has 2 aromatic carbocycles. The Morgan fingerprint density at radius 1 is 1.12 bits per heavy atom. The van der Waals surface area contributed by atoms with Crippen LogP contribution in [-0.2, 0) is 11.3 Å². The van der Waals surface area contributed by atoms with Gasteiger partial charge in [0.05, 0.1) is 0 Å². The van der Waals surface area contributed by atoms with Crippen LogP contribution in [0.4, 0.5) is 5.69 Å². The second-order valence-electron chi connectivity index (χ2n) is 7.40. The smallest absolute Gasteiger partial charge is 0.227 e. The minimum absolute atomic E-state index is 0.0811. The van der Waals surface area contributed by atoms with Gasteiger partial charge in [-0.3, -0.25) is 9.69 Å². The SMILES string of the molecule is Cc1cc(C)c(NC(=O)C2CCN(Cc3ccccc3Cl)CC2)c(C)c1. The molecule has 1 amide bonds. The number of anilines is 1. The van der Waals surface area contributed by atoms with E-state index in [1.807, 2.05) is 18.2 Å². The second-order valence-corrected chi connectivity index (χ2v) is 7.81. The number of halogens is 1. The summed E-state index contributed by atoms with van der Waals surface area (Å²) in [5, 5.41) is 3.99. The average molecular weight is 371 g/mol. The predicted octanol–water partition coefficient (Wildman–Crippen LogP) is 5.12. The third kappa shape index (κ3) is 4.46. The number of nitrogens with zero attached hydrogens (tertiary/aromatic N) is 1. The number of amides is 1. The minimum atomic E-state index is 0.0811. The van der Waals surface area contributed by atoms with Gasteiger partial charge in [0.25, 0.3) is 0 Å². The molecule has 0 unspecified atom stereocenters. The fourth-order valence-electron chi connectivity index (χ4n) is 3.82. The van der Waals surface area contributed by atoms with E-state index in [-0.39, 0.29) is 11.8 Å². The molecule has 2 aromatic rings. The summed E-state index contributed by atoms with van der Waals surface area (Å²) in [4.78, 5) is 15.1. The van der Waals surface area contributed by atoms with Crippen molar-refractivity contribution < 1.29 is 4.79 Å². The van der Waals surface area contributed by atoms with Gasteiger partial charge in [-0.2, -0.15) is 0 Å². The van der Waals surface area contributed by atoms with Crippen molar-refractivity contribution in [2.24, 2.45) is 5.92 Å². The van der Waals surface area contributed by atoms with Gasteiger partial charge in [-0.1, -0.05) is 47.5 Å². The molecule has 1 aliphatic rings. The van der Waals surface area contributed by atoms with E-state index in [9.17, 15) is 4.79 Å². The Labute approximate surface area is 161 Å². The highest BCUT2D eigenvalue weighted by molar-refractivity contribution is 6.31. The summed E-state index contributed by atoms with van der Waals surface area (Å²) in [5.74, 6) is 0.232. The third-order valence-corrected chi connectivity index (χ3v) is 5.60. The molecule has 1 N–H and O–H groups in total.